The summed E-state index contributed by atoms with van der Waals surface area (Å²) < 4.78 is 5.17. The largest absolute Gasteiger partial charge is 0.479 e. The Hall–Kier alpha value is -3.28. The molecule has 7 nitrogen and oxygen atoms in total. The highest BCUT2D eigenvalue weighted by Crippen LogP contribution is 2.32. The molecule has 1 fully saturated rings. The van der Waals surface area contributed by atoms with Crippen molar-refractivity contribution in [2.24, 2.45) is 0 Å². The van der Waals surface area contributed by atoms with Crippen LogP contribution in [0.15, 0.2) is 47.4 Å². The van der Waals surface area contributed by atoms with Gasteiger partial charge in [0, 0.05) is 10.7 Å². The van der Waals surface area contributed by atoms with Gasteiger partial charge in [-0.05, 0) is 60.2 Å². The molecule has 1 N–H and O–H groups in total. The van der Waals surface area contributed by atoms with E-state index in [9.17, 15) is 14.4 Å². The molecule has 9 heteroatoms. The first kappa shape index (κ1) is 21.4. The van der Waals surface area contributed by atoms with Crippen molar-refractivity contribution in [3.63, 3.8) is 0 Å². The van der Waals surface area contributed by atoms with Gasteiger partial charge in [-0.15, -0.1) is 0 Å². The lowest BCUT2D eigenvalue weighted by Gasteiger charge is -2.13. The second-order valence-electron chi connectivity index (χ2n) is 6.29. The van der Waals surface area contributed by atoms with E-state index in [0.29, 0.717) is 22.0 Å². The van der Waals surface area contributed by atoms with Crippen LogP contribution in [-0.4, -0.2) is 35.1 Å². The van der Waals surface area contributed by atoms with Crippen LogP contribution >= 0.6 is 23.4 Å². The predicted molar refractivity (Wildman–Crippen MR) is 115 cm³/mol. The number of carbonyl (C=O) groups is 3. The fourth-order valence-corrected chi connectivity index (χ4v) is 3.64. The number of halogens is 1. The first-order valence-corrected chi connectivity index (χ1v) is 9.98. The SMILES string of the molecule is Cc1ccc(Cl)cc1NC(=O)CN1C(=O)S/C(=C\c2ccc(OCC#N)cc2)C1=O. The number of rotatable bonds is 6. The molecule has 0 unspecified atom stereocenters. The predicted octanol–water partition coefficient (Wildman–Crippen LogP) is 4.23. The molecule has 1 saturated heterocycles. The highest BCUT2D eigenvalue weighted by Gasteiger charge is 2.36. The lowest BCUT2D eigenvalue weighted by molar-refractivity contribution is -0.127. The zero-order chi connectivity index (χ0) is 21.7. The van der Waals surface area contributed by atoms with Crippen LogP contribution in [0.5, 0.6) is 5.75 Å². The Bertz CT molecular complexity index is 1080. The van der Waals surface area contributed by atoms with Gasteiger partial charge in [0.05, 0.1) is 4.91 Å². The molecule has 2 aromatic carbocycles. The van der Waals surface area contributed by atoms with Gasteiger partial charge in [-0.25, -0.2) is 0 Å². The Morgan fingerprint density at radius 3 is 2.70 bits per heavy atom. The number of benzene rings is 2. The monoisotopic (exact) mass is 441 g/mol. The van der Waals surface area contributed by atoms with Crippen molar-refractivity contribution in [3.05, 3.63) is 63.5 Å². The van der Waals surface area contributed by atoms with E-state index >= 15 is 0 Å². The maximum Gasteiger partial charge on any atom is 0.294 e. The van der Waals surface area contributed by atoms with Crippen LogP contribution in [0, 0.1) is 18.3 Å². The van der Waals surface area contributed by atoms with E-state index in [2.05, 4.69) is 5.32 Å². The number of hydrogen-bond donors (Lipinski definition) is 1. The smallest absolute Gasteiger partial charge is 0.294 e. The van der Waals surface area contributed by atoms with Crippen molar-refractivity contribution in [3.8, 4) is 11.8 Å². The van der Waals surface area contributed by atoms with Gasteiger partial charge in [-0.3, -0.25) is 19.3 Å². The van der Waals surface area contributed by atoms with Crippen LogP contribution in [0.3, 0.4) is 0 Å². The summed E-state index contributed by atoms with van der Waals surface area (Å²) in [6.07, 6.45) is 1.57. The first-order valence-electron chi connectivity index (χ1n) is 8.78. The van der Waals surface area contributed by atoms with Crippen LogP contribution in [0.1, 0.15) is 11.1 Å². The van der Waals surface area contributed by atoms with E-state index in [1.165, 1.54) is 0 Å². The van der Waals surface area contributed by atoms with Crippen molar-refractivity contribution >= 4 is 52.2 Å². The molecular formula is C21H16ClN3O4S. The van der Waals surface area contributed by atoms with Gasteiger partial charge in [0.1, 0.15) is 18.4 Å². The van der Waals surface area contributed by atoms with Gasteiger partial charge in [-0.1, -0.05) is 29.8 Å². The normalized spacial score (nSPS) is 14.7. The Morgan fingerprint density at radius 1 is 1.27 bits per heavy atom. The summed E-state index contributed by atoms with van der Waals surface area (Å²) in [6.45, 7) is 1.36. The Balaban J connectivity index is 1.67. The molecule has 0 saturated carbocycles. The van der Waals surface area contributed by atoms with Crippen molar-refractivity contribution in [1.82, 2.24) is 4.90 Å². The summed E-state index contributed by atoms with van der Waals surface area (Å²) in [7, 11) is 0. The van der Waals surface area contributed by atoms with Crippen molar-refractivity contribution in [1.29, 1.82) is 5.26 Å². The molecule has 3 rings (SSSR count). The number of carbonyl (C=O) groups excluding carboxylic acids is 3. The minimum Gasteiger partial charge on any atom is -0.479 e. The van der Waals surface area contributed by atoms with Crippen LogP contribution in [0.2, 0.25) is 5.02 Å². The molecule has 1 aliphatic heterocycles. The molecule has 152 valence electrons. The highest BCUT2D eigenvalue weighted by atomic mass is 35.5. The number of anilines is 1. The van der Waals surface area contributed by atoms with Crippen molar-refractivity contribution < 1.29 is 19.1 Å². The van der Waals surface area contributed by atoms with Crippen LogP contribution in [0.4, 0.5) is 10.5 Å². The second-order valence-corrected chi connectivity index (χ2v) is 7.72. The molecule has 0 atom stereocenters. The van der Waals surface area contributed by atoms with Crippen LogP contribution in [-0.2, 0) is 9.59 Å². The maximum absolute atomic E-state index is 12.6. The average Bonchev–Trinajstić information content (AvgIpc) is 2.97. The zero-order valence-electron chi connectivity index (χ0n) is 15.8. The molecule has 0 aliphatic carbocycles. The van der Waals surface area contributed by atoms with E-state index in [4.69, 9.17) is 21.6 Å². The summed E-state index contributed by atoms with van der Waals surface area (Å²) in [5.74, 6) is -0.509. The number of hydrogen-bond acceptors (Lipinski definition) is 6. The minimum absolute atomic E-state index is 0.0605. The number of aryl methyl sites for hydroxylation is 1. The molecule has 0 radical (unpaired) electrons. The molecule has 30 heavy (non-hydrogen) atoms. The molecule has 0 aromatic heterocycles. The molecule has 1 aliphatic rings. The van der Waals surface area contributed by atoms with E-state index in [0.717, 1.165) is 22.2 Å². The molecule has 3 amide bonds. The van der Waals surface area contributed by atoms with Gasteiger partial charge < -0.3 is 10.1 Å². The number of nitrogens with one attached hydrogen (secondary N) is 1. The fraction of sp³-hybridized carbons (Fsp3) is 0.143. The number of nitriles is 1. The van der Waals surface area contributed by atoms with Crippen molar-refractivity contribution in [2.45, 2.75) is 6.92 Å². The average molecular weight is 442 g/mol. The van der Waals surface area contributed by atoms with Crippen molar-refractivity contribution in [2.75, 3.05) is 18.5 Å². The third-order valence-electron chi connectivity index (χ3n) is 4.13. The molecule has 0 spiro atoms. The summed E-state index contributed by atoms with van der Waals surface area (Å²) in [6, 6.07) is 13.7. The van der Waals surface area contributed by atoms with E-state index in [-0.39, 0.29) is 11.5 Å². The lowest BCUT2D eigenvalue weighted by Crippen LogP contribution is -2.36. The number of ether oxygens (including phenoxy) is 1. The van der Waals surface area contributed by atoms with E-state index in [1.807, 2.05) is 13.0 Å². The Morgan fingerprint density at radius 2 is 2.00 bits per heavy atom. The third kappa shape index (κ3) is 5.20. The highest BCUT2D eigenvalue weighted by molar-refractivity contribution is 8.18. The molecule has 1 heterocycles. The van der Waals surface area contributed by atoms with Crippen LogP contribution < -0.4 is 10.1 Å². The topological polar surface area (TPSA) is 99.5 Å². The first-order chi connectivity index (χ1) is 14.4. The summed E-state index contributed by atoms with van der Waals surface area (Å²) in [5.41, 5.74) is 2.02. The third-order valence-corrected chi connectivity index (χ3v) is 5.27. The number of imide groups is 1. The minimum atomic E-state index is -0.534. The number of nitrogens with zero attached hydrogens (tertiary/aromatic N) is 2. The summed E-state index contributed by atoms with van der Waals surface area (Å²) in [4.78, 5) is 38.3. The Kier molecular flexibility index (Phi) is 6.77. The van der Waals surface area contributed by atoms with Gasteiger partial charge in [-0.2, -0.15) is 5.26 Å². The molecule has 0 bridgehead atoms. The number of amides is 3. The Labute approximate surface area is 182 Å². The summed E-state index contributed by atoms with van der Waals surface area (Å²) >= 11 is 6.72. The number of thioether (sulfide) groups is 1. The van der Waals surface area contributed by atoms with E-state index in [1.54, 1.807) is 48.5 Å². The van der Waals surface area contributed by atoms with Gasteiger partial charge in [0.15, 0.2) is 6.61 Å². The molecule has 2 aromatic rings. The lowest BCUT2D eigenvalue weighted by atomic mass is 10.2. The fourth-order valence-electron chi connectivity index (χ4n) is 2.63. The maximum atomic E-state index is 12.6. The second kappa shape index (κ2) is 9.48. The van der Waals surface area contributed by atoms with Gasteiger partial charge in [0.25, 0.3) is 11.1 Å². The zero-order valence-corrected chi connectivity index (χ0v) is 17.4. The van der Waals surface area contributed by atoms with Crippen LogP contribution in [0.25, 0.3) is 6.08 Å². The standard InChI is InChI=1S/C21H16ClN3O4S/c1-13-2-5-15(22)11-17(13)24-19(26)12-25-20(27)18(30-21(25)28)10-14-3-6-16(7-4-14)29-9-8-23/h2-7,10-11H,9,12H2,1H3,(H,24,26)/b18-10-. The van der Waals surface area contributed by atoms with Gasteiger partial charge in [0.2, 0.25) is 5.91 Å². The summed E-state index contributed by atoms with van der Waals surface area (Å²) in [5, 5.41) is 11.1. The van der Waals surface area contributed by atoms with Gasteiger partial charge >= 0.3 is 0 Å². The quantitative estimate of drug-likeness (QED) is 0.673. The molecular weight excluding hydrogens is 426 g/mol. The van der Waals surface area contributed by atoms with E-state index < -0.39 is 23.6 Å².